The van der Waals surface area contributed by atoms with E-state index in [-0.39, 0.29) is 30.8 Å². The van der Waals surface area contributed by atoms with Gasteiger partial charge < -0.3 is 10.2 Å². The zero-order valence-corrected chi connectivity index (χ0v) is 21.6. The van der Waals surface area contributed by atoms with Gasteiger partial charge in [-0.05, 0) is 50.8 Å². The van der Waals surface area contributed by atoms with E-state index in [1.165, 1.54) is 10.6 Å². The van der Waals surface area contributed by atoms with Gasteiger partial charge in [-0.1, -0.05) is 55.5 Å². The number of sulfonamides is 1. The molecule has 0 aliphatic rings. The first-order chi connectivity index (χ1) is 16.0. The second-order valence-corrected chi connectivity index (χ2v) is 10.6. The van der Waals surface area contributed by atoms with Crippen LogP contribution in [0.4, 0.5) is 5.69 Å². The van der Waals surface area contributed by atoms with Crippen LogP contribution in [0, 0.1) is 6.92 Å². The molecule has 0 unspecified atom stereocenters. The van der Waals surface area contributed by atoms with E-state index in [1.807, 2.05) is 63.2 Å². The summed E-state index contributed by atoms with van der Waals surface area (Å²) in [6, 6.07) is 16.2. The van der Waals surface area contributed by atoms with Crippen LogP contribution in [0.15, 0.2) is 54.6 Å². The fourth-order valence-electron chi connectivity index (χ4n) is 3.65. The second-order valence-electron chi connectivity index (χ2n) is 8.73. The standard InChI is InChI=1S/C26H37N3O4S/c1-6-21(3)27-26(31)22(4)28(19-23-14-8-7-9-15-23)25(30)17-12-18-29(34(5,32)33)24-16-11-10-13-20(24)2/h7-11,13-16,21-22H,6,12,17-19H2,1-5H3,(H,27,31)/t21-,22+/m1/s1. The first kappa shape index (κ1) is 27.4. The number of rotatable bonds is 12. The molecule has 0 saturated heterocycles. The molecule has 2 aromatic rings. The lowest BCUT2D eigenvalue weighted by Crippen LogP contribution is -2.49. The predicted molar refractivity (Wildman–Crippen MR) is 137 cm³/mol. The summed E-state index contributed by atoms with van der Waals surface area (Å²) in [6.45, 7) is 8.00. The van der Waals surface area contributed by atoms with Crippen LogP contribution < -0.4 is 9.62 Å². The molecule has 0 radical (unpaired) electrons. The average molecular weight is 488 g/mol. The van der Waals surface area contributed by atoms with Gasteiger partial charge in [-0.2, -0.15) is 0 Å². The fraction of sp³-hybridized carbons (Fsp3) is 0.462. The number of hydrogen-bond donors (Lipinski definition) is 1. The Kier molecular flexibility index (Phi) is 10.1. The highest BCUT2D eigenvalue weighted by Crippen LogP contribution is 2.23. The molecule has 2 aromatic carbocycles. The van der Waals surface area contributed by atoms with Crippen molar-refractivity contribution in [2.24, 2.45) is 0 Å². The number of anilines is 1. The molecule has 8 heteroatoms. The maximum absolute atomic E-state index is 13.3. The molecule has 0 aromatic heterocycles. The van der Waals surface area contributed by atoms with Crippen LogP contribution in [0.3, 0.4) is 0 Å². The molecule has 0 fully saturated rings. The minimum atomic E-state index is -3.51. The molecule has 0 aliphatic carbocycles. The van der Waals surface area contributed by atoms with Crippen molar-refractivity contribution in [2.75, 3.05) is 17.1 Å². The summed E-state index contributed by atoms with van der Waals surface area (Å²) in [7, 11) is -3.51. The summed E-state index contributed by atoms with van der Waals surface area (Å²) < 4.78 is 26.2. The smallest absolute Gasteiger partial charge is 0.242 e. The maximum Gasteiger partial charge on any atom is 0.242 e. The molecule has 186 valence electrons. The number of benzene rings is 2. The van der Waals surface area contributed by atoms with Gasteiger partial charge in [0.15, 0.2) is 0 Å². The van der Waals surface area contributed by atoms with Crippen molar-refractivity contribution in [2.45, 2.75) is 65.6 Å². The molecule has 2 atom stereocenters. The molecule has 0 saturated carbocycles. The Balaban J connectivity index is 2.15. The molecule has 0 aliphatic heterocycles. The Morgan fingerprint density at radius 3 is 2.21 bits per heavy atom. The highest BCUT2D eigenvalue weighted by Gasteiger charge is 2.27. The molecule has 2 rings (SSSR count). The highest BCUT2D eigenvalue weighted by molar-refractivity contribution is 7.92. The number of para-hydroxylation sites is 1. The van der Waals surface area contributed by atoms with Gasteiger partial charge in [0.2, 0.25) is 21.8 Å². The van der Waals surface area contributed by atoms with E-state index in [4.69, 9.17) is 0 Å². The largest absolute Gasteiger partial charge is 0.352 e. The first-order valence-electron chi connectivity index (χ1n) is 11.7. The third-order valence-electron chi connectivity index (χ3n) is 5.90. The average Bonchev–Trinajstić information content (AvgIpc) is 2.80. The first-order valence-corrected chi connectivity index (χ1v) is 13.6. The summed E-state index contributed by atoms with van der Waals surface area (Å²) in [5.41, 5.74) is 2.39. The van der Waals surface area contributed by atoms with Crippen LogP contribution in [-0.4, -0.2) is 50.0 Å². The van der Waals surface area contributed by atoms with Crippen LogP contribution in [0.5, 0.6) is 0 Å². The lowest BCUT2D eigenvalue weighted by atomic mass is 10.1. The van der Waals surface area contributed by atoms with Gasteiger partial charge in [0.25, 0.3) is 0 Å². The van der Waals surface area contributed by atoms with Gasteiger partial charge in [0.05, 0.1) is 11.9 Å². The minimum Gasteiger partial charge on any atom is -0.352 e. The normalized spacial score (nSPS) is 13.1. The van der Waals surface area contributed by atoms with Crippen LogP contribution in [0.2, 0.25) is 0 Å². The topological polar surface area (TPSA) is 86.8 Å². The summed E-state index contributed by atoms with van der Waals surface area (Å²) in [5.74, 6) is -0.384. The Bertz CT molecular complexity index is 1060. The van der Waals surface area contributed by atoms with E-state index in [2.05, 4.69) is 5.32 Å². The van der Waals surface area contributed by atoms with E-state index in [0.29, 0.717) is 18.7 Å². The SMILES string of the molecule is CC[C@@H](C)NC(=O)[C@H](C)N(Cc1ccccc1)C(=O)CCCN(c1ccccc1C)S(C)(=O)=O. The predicted octanol–water partition coefficient (Wildman–Crippen LogP) is 3.87. The number of aryl methyl sites for hydroxylation is 1. The molecule has 1 N–H and O–H groups in total. The maximum atomic E-state index is 13.3. The molecule has 34 heavy (non-hydrogen) atoms. The summed E-state index contributed by atoms with van der Waals surface area (Å²) in [6.07, 6.45) is 2.44. The van der Waals surface area contributed by atoms with Crippen molar-refractivity contribution in [3.8, 4) is 0 Å². The Morgan fingerprint density at radius 1 is 1.00 bits per heavy atom. The van der Waals surface area contributed by atoms with Gasteiger partial charge in [0, 0.05) is 25.6 Å². The van der Waals surface area contributed by atoms with E-state index in [1.54, 1.807) is 24.0 Å². The van der Waals surface area contributed by atoms with Crippen LogP contribution in [0.25, 0.3) is 0 Å². The lowest BCUT2D eigenvalue weighted by Gasteiger charge is -2.30. The van der Waals surface area contributed by atoms with E-state index in [9.17, 15) is 18.0 Å². The van der Waals surface area contributed by atoms with E-state index < -0.39 is 16.1 Å². The number of carbonyl (C=O) groups excluding carboxylic acids is 2. The molecule has 0 bridgehead atoms. The fourth-order valence-corrected chi connectivity index (χ4v) is 4.68. The van der Waals surface area contributed by atoms with Crippen molar-refractivity contribution < 1.29 is 18.0 Å². The second kappa shape index (κ2) is 12.6. The van der Waals surface area contributed by atoms with Crippen LogP contribution >= 0.6 is 0 Å². The monoisotopic (exact) mass is 487 g/mol. The van der Waals surface area contributed by atoms with Crippen molar-refractivity contribution in [3.05, 3.63) is 65.7 Å². The minimum absolute atomic E-state index is 0.0149. The van der Waals surface area contributed by atoms with Gasteiger partial charge in [-0.15, -0.1) is 0 Å². The zero-order chi connectivity index (χ0) is 25.3. The van der Waals surface area contributed by atoms with Crippen molar-refractivity contribution in [1.29, 1.82) is 0 Å². The van der Waals surface area contributed by atoms with E-state index >= 15 is 0 Å². The zero-order valence-electron chi connectivity index (χ0n) is 20.8. The van der Waals surface area contributed by atoms with Crippen molar-refractivity contribution >= 4 is 27.5 Å². The number of amides is 2. The van der Waals surface area contributed by atoms with Gasteiger partial charge >= 0.3 is 0 Å². The Labute approximate surface area is 204 Å². The highest BCUT2D eigenvalue weighted by atomic mass is 32.2. The lowest BCUT2D eigenvalue weighted by molar-refractivity contribution is -0.140. The van der Waals surface area contributed by atoms with Crippen LogP contribution in [0.1, 0.15) is 51.2 Å². The van der Waals surface area contributed by atoms with Gasteiger partial charge in [-0.25, -0.2) is 8.42 Å². The molecule has 0 spiro atoms. The Hall–Kier alpha value is -2.87. The van der Waals surface area contributed by atoms with Crippen molar-refractivity contribution in [1.82, 2.24) is 10.2 Å². The number of carbonyl (C=O) groups is 2. The summed E-state index contributed by atoms with van der Waals surface area (Å²) in [4.78, 5) is 27.6. The third kappa shape index (κ3) is 7.87. The van der Waals surface area contributed by atoms with Gasteiger partial charge in [-0.3, -0.25) is 13.9 Å². The molecule has 7 nitrogen and oxygen atoms in total. The molecule has 2 amide bonds. The van der Waals surface area contributed by atoms with Gasteiger partial charge in [0.1, 0.15) is 6.04 Å². The molecular weight excluding hydrogens is 450 g/mol. The third-order valence-corrected chi connectivity index (χ3v) is 7.08. The summed E-state index contributed by atoms with van der Waals surface area (Å²) in [5, 5.41) is 2.95. The Morgan fingerprint density at radius 2 is 1.62 bits per heavy atom. The molecule has 0 heterocycles. The van der Waals surface area contributed by atoms with E-state index in [0.717, 1.165) is 17.5 Å². The molecular formula is C26H37N3O4S. The van der Waals surface area contributed by atoms with Crippen molar-refractivity contribution in [3.63, 3.8) is 0 Å². The number of nitrogens with one attached hydrogen (secondary N) is 1. The summed E-state index contributed by atoms with van der Waals surface area (Å²) >= 11 is 0. The van der Waals surface area contributed by atoms with Crippen LogP contribution in [-0.2, 0) is 26.2 Å². The number of nitrogens with zero attached hydrogens (tertiary/aromatic N) is 2. The quantitative estimate of drug-likeness (QED) is 0.492. The number of hydrogen-bond acceptors (Lipinski definition) is 4.